The molecule has 0 aromatic rings. The molecule has 10 heavy (non-hydrogen) atoms. The average molecular weight is 145 g/mol. The second-order valence-corrected chi connectivity index (χ2v) is 2.02. The molecule has 0 aromatic heterocycles. The van der Waals surface area contributed by atoms with Crippen LogP contribution in [0.15, 0.2) is 4.99 Å². The maximum Gasteiger partial charge on any atom is 0.325 e. The van der Waals surface area contributed by atoms with Crippen LogP contribution < -0.4 is 0 Å². The number of aliphatic carboxylic acids is 1. The molecule has 0 aromatic carbocycles. The molecular weight excluding hydrogens is 134 g/mol. The van der Waals surface area contributed by atoms with Crippen LogP contribution in [0.2, 0.25) is 0 Å². The first kappa shape index (κ1) is 8.94. The summed E-state index contributed by atoms with van der Waals surface area (Å²) in [5, 5.41) is 8.11. The van der Waals surface area contributed by atoms with Crippen LogP contribution in [-0.4, -0.2) is 30.1 Å². The number of carbonyl (C=O) groups is 1. The topological polar surface area (TPSA) is 58.9 Å². The largest absolute Gasteiger partial charge is 0.481 e. The summed E-state index contributed by atoms with van der Waals surface area (Å²) in [5.74, 6) is -0.955. The number of carboxylic acid groups (broad SMARTS) is 1. The summed E-state index contributed by atoms with van der Waals surface area (Å²) < 4.78 is 4.84. The fourth-order valence-electron chi connectivity index (χ4n) is 0.280. The minimum absolute atomic E-state index is 0.0533. The fourth-order valence-corrected chi connectivity index (χ4v) is 0.280. The number of hydrogen-bond acceptors (Lipinski definition) is 3. The van der Waals surface area contributed by atoms with Crippen LogP contribution in [0.1, 0.15) is 13.8 Å². The summed E-state index contributed by atoms with van der Waals surface area (Å²) in [6.07, 6.45) is 1.22. The molecule has 0 rings (SSSR count). The van der Waals surface area contributed by atoms with Gasteiger partial charge in [-0.25, -0.2) is 4.99 Å². The SMILES string of the molecule is CC(C)OC=NCC(=O)O. The summed E-state index contributed by atoms with van der Waals surface area (Å²) in [6.45, 7) is 3.45. The van der Waals surface area contributed by atoms with E-state index in [1.807, 2.05) is 13.8 Å². The molecule has 0 bridgehead atoms. The van der Waals surface area contributed by atoms with Crippen LogP contribution in [0.25, 0.3) is 0 Å². The minimum Gasteiger partial charge on any atom is -0.481 e. The van der Waals surface area contributed by atoms with Crippen molar-refractivity contribution < 1.29 is 14.6 Å². The Morgan fingerprint density at radius 1 is 1.80 bits per heavy atom. The third kappa shape index (κ3) is 6.94. The first-order valence-corrected chi connectivity index (χ1v) is 2.98. The van der Waals surface area contributed by atoms with Crippen LogP contribution in [0.5, 0.6) is 0 Å². The maximum absolute atomic E-state index is 9.87. The number of ether oxygens (including phenoxy) is 1. The molecule has 0 spiro atoms. The van der Waals surface area contributed by atoms with E-state index in [0.29, 0.717) is 0 Å². The summed E-state index contributed by atoms with van der Waals surface area (Å²) >= 11 is 0. The van der Waals surface area contributed by atoms with E-state index in [4.69, 9.17) is 9.84 Å². The normalized spacial score (nSPS) is 10.7. The predicted octanol–water partition coefficient (Wildman–Crippen LogP) is 0.524. The molecule has 0 saturated heterocycles. The minimum atomic E-state index is -0.955. The molecule has 0 radical (unpaired) electrons. The van der Waals surface area contributed by atoms with E-state index in [1.54, 1.807) is 0 Å². The van der Waals surface area contributed by atoms with Gasteiger partial charge in [0.25, 0.3) is 0 Å². The van der Waals surface area contributed by atoms with Crippen LogP contribution in [0.4, 0.5) is 0 Å². The van der Waals surface area contributed by atoms with Gasteiger partial charge in [-0.05, 0) is 13.8 Å². The third-order valence-corrected chi connectivity index (χ3v) is 0.634. The van der Waals surface area contributed by atoms with E-state index in [0.717, 1.165) is 0 Å². The summed E-state index contributed by atoms with van der Waals surface area (Å²) in [6, 6.07) is 0. The smallest absolute Gasteiger partial charge is 0.325 e. The van der Waals surface area contributed by atoms with Gasteiger partial charge in [0.05, 0.1) is 6.10 Å². The van der Waals surface area contributed by atoms with Gasteiger partial charge >= 0.3 is 5.97 Å². The fraction of sp³-hybridized carbons (Fsp3) is 0.667. The van der Waals surface area contributed by atoms with E-state index in [-0.39, 0.29) is 12.6 Å². The molecule has 0 aliphatic heterocycles. The average Bonchev–Trinajstić information content (AvgIpc) is 1.79. The second-order valence-electron chi connectivity index (χ2n) is 2.02. The van der Waals surface area contributed by atoms with Crippen molar-refractivity contribution in [2.75, 3.05) is 6.54 Å². The van der Waals surface area contributed by atoms with Gasteiger partial charge in [0, 0.05) is 0 Å². The lowest BCUT2D eigenvalue weighted by Gasteiger charge is -2.00. The van der Waals surface area contributed by atoms with Gasteiger partial charge in [0.1, 0.15) is 6.54 Å². The Kier molecular flexibility index (Phi) is 4.28. The zero-order valence-electron chi connectivity index (χ0n) is 6.07. The highest BCUT2D eigenvalue weighted by Crippen LogP contribution is 1.82. The Hall–Kier alpha value is -1.06. The lowest BCUT2D eigenvalue weighted by molar-refractivity contribution is -0.135. The quantitative estimate of drug-likeness (QED) is 0.463. The van der Waals surface area contributed by atoms with Crippen molar-refractivity contribution in [3.63, 3.8) is 0 Å². The molecule has 0 aliphatic carbocycles. The van der Waals surface area contributed by atoms with Gasteiger partial charge < -0.3 is 9.84 Å². The van der Waals surface area contributed by atoms with Gasteiger partial charge in [0.15, 0.2) is 6.40 Å². The third-order valence-electron chi connectivity index (χ3n) is 0.634. The lowest BCUT2D eigenvalue weighted by atomic mass is 10.5. The molecular formula is C6H11NO3. The zero-order chi connectivity index (χ0) is 7.98. The Morgan fingerprint density at radius 3 is 2.80 bits per heavy atom. The summed E-state index contributed by atoms with van der Waals surface area (Å²) in [4.78, 5) is 13.3. The maximum atomic E-state index is 9.87. The van der Waals surface area contributed by atoms with Gasteiger partial charge in [-0.1, -0.05) is 0 Å². The molecule has 0 unspecified atom stereocenters. The van der Waals surface area contributed by atoms with Crippen molar-refractivity contribution >= 4 is 12.4 Å². The number of carboxylic acids is 1. The molecule has 0 aliphatic rings. The molecule has 4 heteroatoms. The van der Waals surface area contributed by atoms with E-state index < -0.39 is 5.97 Å². The van der Waals surface area contributed by atoms with Gasteiger partial charge in [-0.15, -0.1) is 0 Å². The number of rotatable bonds is 4. The Balaban J connectivity index is 3.29. The van der Waals surface area contributed by atoms with Gasteiger partial charge in [0.2, 0.25) is 0 Å². The van der Waals surface area contributed by atoms with Crippen molar-refractivity contribution in [3.05, 3.63) is 0 Å². The zero-order valence-corrected chi connectivity index (χ0v) is 6.07. The van der Waals surface area contributed by atoms with Crippen LogP contribution in [0, 0.1) is 0 Å². The molecule has 0 fully saturated rings. The first-order valence-electron chi connectivity index (χ1n) is 2.98. The Morgan fingerprint density at radius 2 is 2.40 bits per heavy atom. The number of hydrogen-bond donors (Lipinski definition) is 1. The molecule has 0 atom stereocenters. The molecule has 0 amide bonds. The first-order chi connectivity index (χ1) is 4.63. The molecule has 0 saturated carbocycles. The molecule has 0 heterocycles. The van der Waals surface area contributed by atoms with Crippen LogP contribution >= 0.6 is 0 Å². The summed E-state index contributed by atoms with van der Waals surface area (Å²) in [7, 11) is 0. The molecule has 58 valence electrons. The standard InChI is InChI=1S/C6H11NO3/c1-5(2)10-4-7-3-6(8)9/h4-5H,3H2,1-2H3,(H,8,9). The number of nitrogens with zero attached hydrogens (tertiary/aromatic N) is 1. The van der Waals surface area contributed by atoms with E-state index >= 15 is 0 Å². The Labute approximate surface area is 59.5 Å². The van der Waals surface area contributed by atoms with Gasteiger partial charge in [-0.3, -0.25) is 4.79 Å². The second kappa shape index (κ2) is 4.78. The van der Waals surface area contributed by atoms with Crippen LogP contribution in [0.3, 0.4) is 0 Å². The van der Waals surface area contributed by atoms with E-state index in [2.05, 4.69) is 4.99 Å². The van der Waals surface area contributed by atoms with Crippen molar-refractivity contribution in [2.24, 2.45) is 4.99 Å². The van der Waals surface area contributed by atoms with Crippen molar-refractivity contribution in [3.8, 4) is 0 Å². The Bertz CT molecular complexity index is 131. The van der Waals surface area contributed by atoms with Crippen LogP contribution in [-0.2, 0) is 9.53 Å². The predicted molar refractivity (Wildman–Crippen MR) is 37.2 cm³/mol. The van der Waals surface area contributed by atoms with E-state index in [1.165, 1.54) is 6.40 Å². The van der Waals surface area contributed by atoms with Gasteiger partial charge in [-0.2, -0.15) is 0 Å². The van der Waals surface area contributed by atoms with Crippen molar-refractivity contribution in [1.29, 1.82) is 0 Å². The number of aliphatic imine (C=N–C) groups is 1. The highest BCUT2D eigenvalue weighted by molar-refractivity contribution is 5.70. The molecule has 1 N–H and O–H groups in total. The van der Waals surface area contributed by atoms with E-state index in [9.17, 15) is 4.79 Å². The molecule has 4 nitrogen and oxygen atoms in total. The highest BCUT2D eigenvalue weighted by Gasteiger charge is 1.90. The van der Waals surface area contributed by atoms with Crippen molar-refractivity contribution in [1.82, 2.24) is 0 Å². The lowest BCUT2D eigenvalue weighted by Crippen LogP contribution is -2.03. The summed E-state index contributed by atoms with van der Waals surface area (Å²) in [5.41, 5.74) is 0. The van der Waals surface area contributed by atoms with Crippen molar-refractivity contribution in [2.45, 2.75) is 20.0 Å². The monoisotopic (exact) mass is 145 g/mol. The highest BCUT2D eigenvalue weighted by atomic mass is 16.5.